The third-order valence-electron chi connectivity index (χ3n) is 5.93. The van der Waals surface area contributed by atoms with Gasteiger partial charge < -0.3 is 4.98 Å². The molecule has 1 N–H and O–H groups in total. The molecule has 0 saturated heterocycles. The van der Waals surface area contributed by atoms with E-state index in [1.807, 2.05) is 36.4 Å². The van der Waals surface area contributed by atoms with Crippen LogP contribution < -0.4 is 5.56 Å². The van der Waals surface area contributed by atoms with Gasteiger partial charge in [-0.25, -0.2) is 4.98 Å². The summed E-state index contributed by atoms with van der Waals surface area (Å²) in [6, 6.07) is 18.3. The number of aromatic nitrogens is 3. The van der Waals surface area contributed by atoms with Gasteiger partial charge in [-0.2, -0.15) is 13.2 Å². The van der Waals surface area contributed by atoms with Gasteiger partial charge in [0, 0.05) is 43.4 Å². The van der Waals surface area contributed by atoms with E-state index in [0.717, 1.165) is 35.5 Å². The number of hydrogen-bond donors (Lipinski definition) is 1. The Morgan fingerprint density at radius 3 is 2.38 bits per heavy atom. The van der Waals surface area contributed by atoms with Crippen molar-refractivity contribution in [3.05, 3.63) is 106 Å². The quantitative estimate of drug-likeness (QED) is 0.460. The average molecular weight is 462 g/mol. The number of nitrogens with zero attached hydrogens (tertiary/aromatic N) is 3. The molecule has 2 aromatic heterocycles. The summed E-state index contributed by atoms with van der Waals surface area (Å²) in [5, 5.41) is 0. The number of alkyl halides is 3. The Morgan fingerprint density at radius 1 is 0.941 bits per heavy atom. The number of benzene rings is 2. The number of nitrogens with one attached hydrogen (secondary N) is 1. The van der Waals surface area contributed by atoms with E-state index in [1.165, 1.54) is 12.1 Å². The Balaban J connectivity index is 1.28. The third-order valence-corrected chi connectivity index (χ3v) is 5.93. The fourth-order valence-electron chi connectivity index (χ4n) is 4.13. The first-order valence-corrected chi connectivity index (χ1v) is 10.9. The van der Waals surface area contributed by atoms with Crippen molar-refractivity contribution in [2.24, 2.45) is 0 Å². The molecular weight excluding hydrogens is 441 g/mol. The molecule has 5 nitrogen and oxygen atoms in total. The summed E-state index contributed by atoms with van der Waals surface area (Å²) >= 11 is 0. The van der Waals surface area contributed by atoms with Crippen LogP contribution in [-0.4, -0.2) is 26.4 Å². The molecule has 1 aliphatic heterocycles. The van der Waals surface area contributed by atoms with Crippen molar-refractivity contribution in [1.82, 2.24) is 19.9 Å². The number of fused-ring (bicyclic) bond motifs is 1. The Kier molecular flexibility index (Phi) is 5.75. The van der Waals surface area contributed by atoms with Crippen LogP contribution in [0.5, 0.6) is 0 Å². The number of halogens is 3. The molecule has 0 saturated carbocycles. The molecular formula is C26H21F3N4O. The van der Waals surface area contributed by atoms with Crippen LogP contribution in [0.15, 0.2) is 77.7 Å². The van der Waals surface area contributed by atoms with E-state index in [4.69, 9.17) is 0 Å². The summed E-state index contributed by atoms with van der Waals surface area (Å²) in [5.74, 6) is 0.584. The number of rotatable bonds is 4. The summed E-state index contributed by atoms with van der Waals surface area (Å²) in [5.41, 5.74) is 3.78. The fraction of sp³-hybridized carbons (Fsp3) is 0.192. The minimum absolute atomic E-state index is 0.121. The van der Waals surface area contributed by atoms with Gasteiger partial charge in [0.1, 0.15) is 5.82 Å². The smallest absolute Gasteiger partial charge is 0.306 e. The molecule has 34 heavy (non-hydrogen) atoms. The van der Waals surface area contributed by atoms with E-state index in [2.05, 4.69) is 19.9 Å². The first kappa shape index (κ1) is 22.0. The predicted molar refractivity (Wildman–Crippen MR) is 123 cm³/mol. The molecule has 1 aliphatic rings. The molecule has 0 aliphatic carbocycles. The second-order valence-corrected chi connectivity index (χ2v) is 8.29. The summed E-state index contributed by atoms with van der Waals surface area (Å²) in [4.78, 5) is 26.9. The average Bonchev–Trinajstić information content (AvgIpc) is 2.85. The van der Waals surface area contributed by atoms with Crippen LogP contribution in [0.1, 0.15) is 22.4 Å². The van der Waals surface area contributed by atoms with Crippen molar-refractivity contribution in [3.63, 3.8) is 0 Å². The number of pyridine rings is 1. The van der Waals surface area contributed by atoms with Gasteiger partial charge in [0.25, 0.3) is 5.56 Å². The topological polar surface area (TPSA) is 61.9 Å². The maximum absolute atomic E-state index is 12.8. The van der Waals surface area contributed by atoms with Crippen molar-refractivity contribution in [1.29, 1.82) is 0 Å². The second kappa shape index (κ2) is 8.87. The normalized spacial score (nSPS) is 14.1. The largest absolute Gasteiger partial charge is 0.416 e. The molecule has 8 heteroatoms. The van der Waals surface area contributed by atoms with E-state index in [9.17, 15) is 18.0 Å². The van der Waals surface area contributed by atoms with Crippen LogP contribution in [0.2, 0.25) is 0 Å². The highest BCUT2D eigenvalue weighted by atomic mass is 19.4. The zero-order valence-electron chi connectivity index (χ0n) is 18.1. The van der Waals surface area contributed by atoms with Crippen LogP contribution >= 0.6 is 0 Å². The summed E-state index contributed by atoms with van der Waals surface area (Å²) < 4.78 is 38.3. The van der Waals surface area contributed by atoms with Gasteiger partial charge in [0.2, 0.25) is 0 Å². The van der Waals surface area contributed by atoms with Crippen LogP contribution in [0, 0.1) is 0 Å². The monoisotopic (exact) mass is 462 g/mol. The molecule has 3 heterocycles. The lowest BCUT2D eigenvalue weighted by Gasteiger charge is -2.27. The van der Waals surface area contributed by atoms with Gasteiger partial charge in [-0.1, -0.05) is 48.5 Å². The highest BCUT2D eigenvalue weighted by molar-refractivity contribution is 5.59. The predicted octanol–water partition coefficient (Wildman–Crippen LogP) is 5.08. The van der Waals surface area contributed by atoms with Gasteiger partial charge in [0.15, 0.2) is 0 Å². The number of aromatic amines is 1. The summed E-state index contributed by atoms with van der Waals surface area (Å²) in [6.07, 6.45) is -1.96. The van der Waals surface area contributed by atoms with Gasteiger partial charge in [-0.05, 0) is 23.8 Å². The lowest BCUT2D eigenvalue weighted by Crippen LogP contribution is -2.35. The first-order valence-electron chi connectivity index (χ1n) is 10.9. The molecule has 0 amide bonds. The summed E-state index contributed by atoms with van der Waals surface area (Å²) in [7, 11) is 0. The lowest BCUT2D eigenvalue weighted by molar-refractivity contribution is -0.137. The zero-order chi connectivity index (χ0) is 23.7. The molecule has 5 rings (SSSR count). The third kappa shape index (κ3) is 4.63. The van der Waals surface area contributed by atoms with Gasteiger partial charge in [-0.15, -0.1) is 0 Å². The fourth-order valence-corrected chi connectivity index (χ4v) is 4.13. The highest BCUT2D eigenvalue weighted by Gasteiger charge is 2.30. The van der Waals surface area contributed by atoms with Crippen LogP contribution in [0.3, 0.4) is 0 Å². The van der Waals surface area contributed by atoms with Gasteiger partial charge >= 0.3 is 6.18 Å². The van der Waals surface area contributed by atoms with Gasteiger partial charge in [0.05, 0.1) is 22.5 Å². The highest BCUT2D eigenvalue weighted by Crippen LogP contribution is 2.30. The Hall–Kier alpha value is -3.78. The Labute approximate surface area is 193 Å². The van der Waals surface area contributed by atoms with Crippen molar-refractivity contribution in [2.75, 3.05) is 6.54 Å². The summed E-state index contributed by atoms with van der Waals surface area (Å²) in [6.45, 7) is 1.87. The number of hydrogen-bond acceptors (Lipinski definition) is 4. The number of H-pyrrole nitrogens is 1. The first-order chi connectivity index (χ1) is 16.4. The van der Waals surface area contributed by atoms with Crippen molar-refractivity contribution < 1.29 is 13.2 Å². The molecule has 0 spiro atoms. The Morgan fingerprint density at radius 2 is 1.71 bits per heavy atom. The maximum atomic E-state index is 12.8. The van der Waals surface area contributed by atoms with E-state index < -0.39 is 11.7 Å². The second-order valence-electron chi connectivity index (χ2n) is 8.29. The van der Waals surface area contributed by atoms with Gasteiger partial charge in [-0.3, -0.25) is 14.7 Å². The van der Waals surface area contributed by atoms with Crippen molar-refractivity contribution >= 4 is 0 Å². The van der Waals surface area contributed by atoms with Crippen molar-refractivity contribution in [2.45, 2.75) is 25.7 Å². The van der Waals surface area contributed by atoms with Crippen LogP contribution in [0.4, 0.5) is 13.2 Å². The van der Waals surface area contributed by atoms with E-state index >= 15 is 0 Å². The molecule has 2 aromatic carbocycles. The zero-order valence-corrected chi connectivity index (χ0v) is 18.1. The lowest BCUT2D eigenvalue weighted by atomic mass is 10.0. The van der Waals surface area contributed by atoms with Crippen molar-refractivity contribution in [3.8, 4) is 22.6 Å². The molecule has 4 aromatic rings. The molecule has 0 bridgehead atoms. The van der Waals surface area contributed by atoms with Crippen LogP contribution in [-0.2, 0) is 25.7 Å². The minimum atomic E-state index is -4.36. The van der Waals surface area contributed by atoms with E-state index in [1.54, 1.807) is 12.3 Å². The minimum Gasteiger partial charge on any atom is -0.306 e. The molecule has 0 atom stereocenters. The molecule has 0 fully saturated rings. The standard InChI is InChI=1S/C26H21F3N4O/c27-26(28,29)20-9-7-18(8-10-20)22-11-6-17(14-30-22)15-33-13-12-23-21(16-33)25(34)32-24(31-23)19-4-2-1-3-5-19/h1-11,14H,12-13,15-16H2,(H,31,32,34). The van der Waals surface area contributed by atoms with E-state index in [-0.39, 0.29) is 5.56 Å². The molecule has 172 valence electrons. The maximum Gasteiger partial charge on any atom is 0.416 e. The molecule has 0 unspecified atom stereocenters. The SMILES string of the molecule is O=c1[nH]c(-c2ccccc2)nc2c1CN(Cc1ccc(-c3ccc(C(F)(F)F)cc3)nc1)CC2. The molecule has 0 radical (unpaired) electrons. The van der Waals surface area contributed by atoms with Crippen LogP contribution in [0.25, 0.3) is 22.6 Å². The Bertz CT molecular complexity index is 1350. The van der Waals surface area contributed by atoms with E-state index in [0.29, 0.717) is 42.2 Å².